The zero-order valence-electron chi connectivity index (χ0n) is 9.73. The van der Waals surface area contributed by atoms with E-state index in [0.717, 1.165) is 31.2 Å². The minimum Gasteiger partial charge on any atom is -0.356 e. The van der Waals surface area contributed by atoms with Gasteiger partial charge in [-0.1, -0.05) is 13.0 Å². The highest BCUT2D eigenvalue weighted by molar-refractivity contribution is 7.09. The van der Waals surface area contributed by atoms with E-state index in [2.05, 4.69) is 45.5 Å². The third-order valence-electron chi connectivity index (χ3n) is 2.34. The molecule has 2 heterocycles. The first-order chi connectivity index (χ1) is 7.79. The summed E-state index contributed by atoms with van der Waals surface area (Å²) in [5, 5.41) is 5.46. The van der Waals surface area contributed by atoms with E-state index in [1.54, 1.807) is 11.3 Å². The molecule has 0 spiro atoms. The number of anilines is 1. The van der Waals surface area contributed by atoms with Crippen LogP contribution in [0.15, 0.2) is 23.7 Å². The van der Waals surface area contributed by atoms with E-state index in [0.29, 0.717) is 0 Å². The summed E-state index contributed by atoms with van der Waals surface area (Å²) in [5.74, 6) is 0.979. The second kappa shape index (κ2) is 5.16. The van der Waals surface area contributed by atoms with Gasteiger partial charge in [0.15, 0.2) is 0 Å². The van der Waals surface area contributed by atoms with Crippen molar-refractivity contribution in [1.29, 1.82) is 0 Å². The van der Waals surface area contributed by atoms with Crippen LogP contribution in [0.25, 0.3) is 0 Å². The molecule has 3 nitrogen and oxygen atoms in total. The standard InChI is InChI=1S/C12H17N3S/c1-3-6-13-12-14-10(2)8-15(12)9-11-5-4-7-16-11/h4-5,7-8H,3,6,9H2,1-2H3,(H,13,14). The summed E-state index contributed by atoms with van der Waals surface area (Å²) in [6.45, 7) is 6.07. The first-order valence-corrected chi connectivity index (χ1v) is 6.47. The molecule has 0 saturated carbocycles. The summed E-state index contributed by atoms with van der Waals surface area (Å²) in [6.07, 6.45) is 3.21. The highest BCUT2D eigenvalue weighted by Crippen LogP contribution is 2.15. The van der Waals surface area contributed by atoms with Gasteiger partial charge in [-0.3, -0.25) is 0 Å². The quantitative estimate of drug-likeness (QED) is 0.863. The molecule has 86 valence electrons. The van der Waals surface area contributed by atoms with Gasteiger partial charge in [0.1, 0.15) is 0 Å². The van der Waals surface area contributed by atoms with Crippen molar-refractivity contribution in [3.8, 4) is 0 Å². The van der Waals surface area contributed by atoms with Crippen molar-refractivity contribution in [3.63, 3.8) is 0 Å². The van der Waals surface area contributed by atoms with Gasteiger partial charge < -0.3 is 9.88 Å². The Bertz CT molecular complexity index is 431. The second-order valence-electron chi connectivity index (χ2n) is 3.84. The number of rotatable bonds is 5. The van der Waals surface area contributed by atoms with E-state index in [1.165, 1.54) is 4.88 Å². The number of thiophene rings is 1. The van der Waals surface area contributed by atoms with Crippen LogP contribution in [0.5, 0.6) is 0 Å². The Morgan fingerprint density at radius 1 is 1.50 bits per heavy atom. The number of imidazole rings is 1. The maximum Gasteiger partial charge on any atom is 0.203 e. The van der Waals surface area contributed by atoms with Crippen LogP contribution in [0.1, 0.15) is 23.9 Å². The number of nitrogens with one attached hydrogen (secondary N) is 1. The van der Waals surface area contributed by atoms with Gasteiger partial charge in [-0.05, 0) is 24.8 Å². The molecule has 4 heteroatoms. The molecule has 0 aliphatic rings. The zero-order chi connectivity index (χ0) is 11.4. The van der Waals surface area contributed by atoms with Crippen LogP contribution in [0.3, 0.4) is 0 Å². The zero-order valence-corrected chi connectivity index (χ0v) is 10.5. The van der Waals surface area contributed by atoms with Crippen LogP contribution in [0, 0.1) is 6.92 Å². The number of aromatic nitrogens is 2. The molecule has 0 fully saturated rings. The molecule has 0 radical (unpaired) electrons. The largest absolute Gasteiger partial charge is 0.356 e. The predicted molar refractivity (Wildman–Crippen MR) is 69.2 cm³/mol. The van der Waals surface area contributed by atoms with Crippen LogP contribution in [-0.2, 0) is 6.54 Å². The van der Waals surface area contributed by atoms with Gasteiger partial charge in [0.05, 0.1) is 12.2 Å². The lowest BCUT2D eigenvalue weighted by Crippen LogP contribution is -2.08. The molecule has 16 heavy (non-hydrogen) atoms. The molecule has 0 saturated heterocycles. The summed E-state index contributed by atoms with van der Waals surface area (Å²) in [6, 6.07) is 4.24. The number of nitrogens with zero attached hydrogens (tertiary/aromatic N) is 2. The summed E-state index contributed by atoms with van der Waals surface area (Å²) in [7, 11) is 0. The Labute approximate surface area is 100 Å². The molecule has 2 rings (SSSR count). The monoisotopic (exact) mass is 235 g/mol. The number of hydrogen-bond donors (Lipinski definition) is 1. The van der Waals surface area contributed by atoms with Crippen molar-refractivity contribution in [1.82, 2.24) is 9.55 Å². The van der Waals surface area contributed by atoms with E-state index in [-0.39, 0.29) is 0 Å². The van der Waals surface area contributed by atoms with Gasteiger partial charge in [-0.15, -0.1) is 11.3 Å². The van der Waals surface area contributed by atoms with Crippen molar-refractivity contribution in [2.75, 3.05) is 11.9 Å². The molecule has 0 aliphatic heterocycles. The molecule has 0 bridgehead atoms. The van der Waals surface area contributed by atoms with Crippen LogP contribution >= 0.6 is 11.3 Å². The predicted octanol–water partition coefficient (Wildman–Crippen LogP) is 3.12. The molecule has 0 unspecified atom stereocenters. The van der Waals surface area contributed by atoms with E-state index in [1.807, 2.05) is 6.92 Å². The first kappa shape index (κ1) is 11.2. The fraction of sp³-hybridized carbons (Fsp3) is 0.417. The third-order valence-corrected chi connectivity index (χ3v) is 3.20. The Hall–Kier alpha value is -1.29. The Morgan fingerprint density at radius 3 is 3.06 bits per heavy atom. The van der Waals surface area contributed by atoms with Gasteiger partial charge in [0.25, 0.3) is 0 Å². The number of hydrogen-bond acceptors (Lipinski definition) is 3. The summed E-state index contributed by atoms with van der Waals surface area (Å²) in [5.41, 5.74) is 1.06. The van der Waals surface area contributed by atoms with E-state index >= 15 is 0 Å². The van der Waals surface area contributed by atoms with Crippen LogP contribution < -0.4 is 5.32 Å². The highest BCUT2D eigenvalue weighted by atomic mass is 32.1. The van der Waals surface area contributed by atoms with Gasteiger partial charge >= 0.3 is 0 Å². The van der Waals surface area contributed by atoms with Crippen molar-refractivity contribution in [2.24, 2.45) is 0 Å². The van der Waals surface area contributed by atoms with Crippen LogP contribution in [0.2, 0.25) is 0 Å². The van der Waals surface area contributed by atoms with Crippen molar-refractivity contribution < 1.29 is 0 Å². The van der Waals surface area contributed by atoms with Gasteiger partial charge in [0.2, 0.25) is 5.95 Å². The summed E-state index contributed by atoms with van der Waals surface area (Å²) < 4.78 is 2.18. The maximum atomic E-state index is 4.49. The normalized spacial score (nSPS) is 10.6. The molecule has 2 aromatic rings. The lowest BCUT2D eigenvalue weighted by molar-refractivity contribution is 0.803. The molecule has 0 amide bonds. The molecule has 0 atom stereocenters. The minimum atomic E-state index is 0.907. The SMILES string of the molecule is CCCNc1nc(C)cn1Cc1cccs1. The molecular weight excluding hydrogens is 218 g/mol. The average Bonchev–Trinajstić information content (AvgIpc) is 2.86. The fourth-order valence-corrected chi connectivity index (χ4v) is 2.32. The molecule has 2 aromatic heterocycles. The van der Waals surface area contributed by atoms with Crippen LogP contribution in [0.4, 0.5) is 5.95 Å². The van der Waals surface area contributed by atoms with Gasteiger partial charge in [-0.2, -0.15) is 0 Å². The lowest BCUT2D eigenvalue weighted by Gasteiger charge is -2.07. The highest BCUT2D eigenvalue weighted by Gasteiger charge is 2.05. The Kier molecular flexibility index (Phi) is 3.62. The third kappa shape index (κ3) is 2.64. The number of aryl methyl sites for hydroxylation is 1. The molecule has 0 aromatic carbocycles. The first-order valence-electron chi connectivity index (χ1n) is 5.59. The Balaban J connectivity index is 2.12. The van der Waals surface area contributed by atoms with E-state index in [4.69, 9.17) is 0 Å². The van der Waals surface area contributed by atoms with E-state index < -0.39 is 0 Å². The van der Waals surface area contributed by atoms with Crippen molar-refractivity contribution >= 4 is 17.3 Å². The van der Waals surface area contributed by atoms with Crippen LogP contribution in [-0.4, -0.2) is 16.1 Å². The topological polar surface area (TPSA) is 29.9 Å². The fourth-order valence-electron chi connectivity index (χ4n) is 1.62. The minimum absolute atomic E-state index is 0.907. The van der Waals surface area contributed by atoms with Gasteiger partial charge in [0, 0.05) is 17.6 Å². The maximum absolute atomic E-state index is 4.49. The van der Waals surface area contributed by atoms with E-state index in [9.17, 15) is 0 Å². The lowest BCUT2D eigenvalue weighted by atomic mass is 10.4. The molecular formula is C12H17N3S. The Morgan fingerprint density at radius 2 is 2.38 bits per heavy atom. The molecule has 0 aliphatic carbocycles. The smallest absolute Gasteiger partial charge is 0.203 e. The average molecular weight is 235 g/mol. The molecule has 1 N–H and O–H groups in total. The van der Waals surface area contributed by atoms with Crippen molar-refractivity contribution in [3.05, 3.63) is 34.3 Å². The second-order valence-corrected chi connectivity index (χ2v) is 4.87. The van der Waals surface area contributed by atoms with Gasteiger partial charge in [-0.25, -0.2) is 4.98 Å². The van der Waals surface area contributed by atoms with Crippen molar-refractivity contribution in [2.45, 2.75) is 26.8 Å². The summed E-state index contributed by atoms with van der Waals surface area (Å²) in [4.78, 5) is 5.84. The summed E-state index contributed by atoms with van der Waals surface area (Å²) >= 11 is 1.78.